The number of rotatable bonds is 4. The average molecular weight is 377 g/mol. The molecule has 1 atom stereocenters. The van der Waals surface area contributed by atoms with Crippen LogP contribution in [0.5, 0.6) is 0 Å². The van der Waals surface area contributed by atoms with Crippen LogP contribution >= 0.6 is 22.7 Å². The number of fused-ring (bicyclic) bond motifs is 1. The van der Waals surface area contributed by atoms with E-state index < -0.39 is 5.91 Å². The van der Waals surface area contributed by atoms with Gasteiger partial charge in [-0.2, -0.15) is 0 Å². The van der Waals surface area contributed by atoms with Crippen molar-refractivity contribution < 1.29 is 14.8 Å². The Morgan fingerprint density at radius 3 is 2.52 bits per heavy atom. The van der Waals surface area contributed by atoms with Crippen molar-refractivity contribution in [2.45, 2.75) is 26.8 Å². The van der Waals surface area contributed by atoms with Crippen molar-refractivity contribution in [1.82, 2.24) is 15.8 Å². The Kier molecular flexibility index (Phi) is 6.63. The zero-order valence-electron chi connectivity index (χ0n) is 14.1. The molecule has 0 spiro atoms. The molecule has 0 saturated heterocycles. The number of aromatic nitrogens is 1. The average Bonchev–Trinajstić information content (AvgIpc) is 3.29. The molecule has 0 aliphatic carbocycles. The van der Waals surface area contributed by atoms with Gasteiger partial charge in [-0.15, -0.1) is 22.7 Å². The summed E-state index contributed by atoms with van der Waals surface area (Å²) >= 11 is 2.55. The van der Waals surface area contributed by atoms with E-state index >= 15 is 0 Å². The van der Waals surface area contributed by atoms with Gasteiger partial charge in [0.15, 0.2) is 0 Å². The van der Waals surface area contributed by atoms with Crippen LogP contribution in [-0.2, 0) is 0 Å². The summed E-state index contributed by atoms with van der Waals surface area (Å²) in [5.41, 5.74) is 1.56. The number of carbonyl (C=O) groups is 2. The Morgan fingerprint density at radius 1 is 1.12 bits per heavy atom. The van der Waals surface area contributed by atoms with Crippen LogP contribution in [0.25, 0.3) is 10.1 Å². The zero-order valence-corrected chi connectivity index (χ0v) is 15.7. The number of carbonyl (C=O) groups excluding carboxylic acids is 2. The van der Waals surface area contributed by atoms with Gasteiger partial charge in [-0.25, -0.2) is 10.5 Å². The molecule has 6 nitrogen and oxygen atoms in total. The summed E-state index contributed by atoms with van der Waals surface area (Å²) in [4.78, 5) is 28.7. The van der Waals surface area contributed by atoms with Crippen LogP contribution in [-0.4, -0.2) is 22.0 Å². The van der Waals surface area contributed by atoms with E-state index in [0.29, 0.717) is 9.88 Å². The summed E-state index contributed by atoms with van der Waals surface area (Å²) < 4.78 is 1.06. The molecule has 1 unspecified atom stereocenters. The zero-order chi connectivity index (χ0) is 18.4. The van der Waals surface area contributed by atoms with E-state index in [1.807, 2.05) is 44.2 Å². The lowest BCUT2D eigenvalue weighted by Gasteiger charge is -2.09. The number of benzene rings is 1. The normalized spacial score (nSPS) is 11.4. The third-order valence-electron chi connectivity index (χ3n) is 3.22. The van der Waals surface area contributed by atoms with Gasteiger partial charge < -0.3 is 5.32 Å². The highest BCUT2D eigenvalue weighted by Gasteiger charge is 2.18. The molecule has 0 bridgehead atoms. The topological polar surface area (TPSA) is 91.3 Å². The van der Waals surface area contributed by atoms with E-state index in [4.69, 9.17) is 5.21 Å². The number of nitrogens with zero attached hydrogens (tertiary/aromatic N) is 1. The summed E-state index contributed by atoms with van der Waals surface area (Å²) in [5, 5.41) is 13.1. The van der Waals surface area contributed by atoms with Crippen molar-refractivity contribution in [2.75, 3.05) is 0 Å². The van der Waals surface area contributed by atoms with Gasteiger partial charge in [-0.3, -0.25) is 14.8 Å². The first-order chi connectivity index (χ1) is 12.1. The Balaban J connectivity index is 0.00000109. The number of hydrogen-bond acceptors (Lipinski definition) is 6. The van der Waals surface area contributed by atoms with Crippen LogP contribution in [0, 0.1) is 0 Å². The van der Waals surface area contributed by atoms with E-state index in [2.05, 4.69) is 10.3 Å². The molecule has 132 valence electrons. The number of nitrogens with one attached hydrogen (secondary N) is 2. The van der Waals surface area contributed by atoms with Gasteiger partial charge in [0.25, 0.3) is 11.8 Å². The molecule has 0 saturated carbocycles. The summed E-state index contributed by atoms with van der Waals surface area (Å²) in [7, 11) is 0. The number of thiophene rings is 1. The molecule has 3 rings (SSSR count). The highest BCUT2D eigenvalue weighted by atomic mass is 32.1. The third kappa shape index (κ3) is 4.41. The second kappa shape index (κ2) is 8.70. The molecule has 0 fully saturated rings. The Labute approximate surface area is 153 Å². The van der Waals surface area contributed by atoms with Crippen molar-refractivity contribution in [3.8, 4) is 0 Å². The molecule has 0 aliphatic rings. The van der Waals surface area contributed by atoms with E-state index in [9.17, 15) is 9.59 Å². The number of amides is 2. The second-order valence-electron chi connectivity index (χ2n) is 4.85. The monoisotopic (exact) mass is 377 g/mol. The molecular weight excluding hydrogens is 358 g/mol. The van der Waals surface area contributed by atoms with Gasteiger partial charge in [-0.05, 0) is 24.4 Å². The van der Waals surface area contributed by atoms with Crippen LogP contribution in [0.3, 0.4) is 0 Å². The van der Waals surface area contributed by atoms with Gasteiger partial charge in [-0.1, -0.05) is 32.0 Å². The van der Waals surface area contributed by atoms with Gasteiger partial charge in [0.2, 0.25) is 0 Å². The van der Waals surface area contributed by atoms with Gasteiger partial charge in [0.1, 0.15) is 9.88 Å². The van der Waals surface area contributed by atoms with Crippen LogP contribution in [0.4, 0.5) is 0 Å². The molecule has 8 heteroatoms. The Bertz CT molecular complexity index is 840. The SMILES string of the molecule is CC.CC(NC(=O)c1cc2ccccc2s1)c1ncc(C(=O)NO)s1. The molecule has 2 amide bonds. The summed E-state index contributed by atoms with van der Waals surface area (Å²) in [6.45, 7) is 5.80. The highest BCUT2D eigenvalue weighted by molar-refractivity contribution is 7.20. The minimum absolute atomic E-state index is 0.179. The summed E-state index contributed by atoms with van der Waals surface area (Å²) in [6.07, 6.45) is 1.37. The van der Waals surface area contributed by atoms with Crippen LogP contribution in [0.2, 0.25) is 0 Å². The predicted octanol–water partition coefficient (Wildman–Crippen LogP) is 3.99. The quantitative estimate of drug-likeness (QED) is 0.473. The number of hydrogen-bond donors (Lipinski definition) is 3. The molecule has 3 aromatic rings. The fourth-order valence-corrected chi connectivity index (χ4v) is 3.85. The molecule has 3 N–H and O–H groups in total. The largest absolute Gasteiger partial charge is 0.342 e. The molecular formula is C17H19N3O3S2. The van der Waals surface area contributed by atoms with Crippen molar-refractivity contribution >= 4 is 44.6 Å². The Morgan fingerprint density at radius 2 is 1.84 bits per heavy atom. The molecule has 2 heterocycles. The number of hydroxylamine groups is 1. The van der Waals surface area contributed by atoms with Crippen molar-refractivity contribution in [3.63, 3.8) is 0 Å². The van der Waals surface area contributed by atoms with E-state index in [1.54, 1.807) is 12.4 Å². The second-order valence-corrected chi connectivity index (χ2v) is 6.99. The van der Waals surface area contributed by atoms with Gasteiger partial charge in [0, 0.05) is 4.70 Å². The fraction of sp³-hybridized carbons (Fsp3) is 0.235. The maximum absolute atomic E-state index is 12.4. The molecule has 0 radical (unpaired) electrons. The van der Waals surface area contributed by atoms with Gasteiger partial charge >= 0.3 is 0 Å². The van der Waals surface area contributed by atoms with E-state index in [1.165, 1.54) is 17.5 Å². The smallest absolute Gasteiger partial charge is 0.286 e. The first-order valence-electron chi connectivity index (χ1n) is 7.78. The third-order valence-corrected chi connectivity index (χ3v) is 5.51. The minimum Gasteiger partial charge on any atom is -0.342 e. The highest BCUT2D eigenvalue weighted by Crippen LogP contribution is 2.26. The van der Waals surface area contributed by atoms with Gasteiger partial charge in [0.05, 0.1) is 17.1 Å². The van der Waals surface area contributed by atoms with Crippen LogP contribution in [0.15, 0.2) is 36.5 Å². The first-order valence-corrected chi connectivity index (χ1v) is 9.41. The maximum Gasteiger partial charge on any atom is 0.286 e. The minimum atomic E-state index is -0.614. The van der Waals surface area contributed by atoms with Crippen LogP contribution in [0.1, 0.15) is 51.2 Å². The molecule has 0 aliphatic heterocycles. The van der Waals surface area contributed by atoms with E-state index in [0.717, 1.165) is 21.4 Å². The van der Waals surface area contributed by atoms with Crippen LogP contribution < -0.4 is 10.8 Å². The maximum atomic E-state index is 12.4. The lowest BCUT2D eigenvalue weighted by atomic mass is 10.2. The Hall–Kier alpha value is -2.29. The van der Waals surface area contributed by atoms with E-state index in [-0.39, 0.29) is 16.8 Å². The fourth-order valence-electron chi connectivity index (χ4n) is 2.07. The van der Waals surface area contributed by atoms with Crippen molar-refractivity contribution in [2.24, 2.45) is 0 Å². The predicted molar refractivity (Wildman–Crippen MR) is 100 cm³/mol. The molecule has 1 aromatic carbocycles. The molecule has 2 aromatic heterocycles. The summed E-state index contributed by atoms with van der Waals surface area (Å²) in [6, 6.07) is 9.33. The summed E-state index contributed by atoms with van der Waals surface area (Å²) in [5.74, 6) is -0.793. The molecule has 25 heavy (non-hydrogen) atoms. The standard InChI is InChI=1S/C15H13N3O3S2.C2H6/c1-8(15-16-7-12(23-15)14(20)18-21)17-13(19)11-6-9-4-2-3-5-10(9)22-11;1-2/h2-8,21H,1H3,(H,17,19)(H,18,20);1-2H3. The lowest BCUT2D eigenvalue weighted by Crippen LogP contribution is -2.25. The first kappa shape index (κ1) is 19.0. The lowest BCUT2D eigenvalue weighted by molar-refractivity contribution is 0.0710. The van der Waals surface area contributed by atoms with Crippen molar-refractivity contribution in [3.05, 3.63) is 51.3 Å². The van der Waals surface area contributed by atoms with Crippen molar-refractivity contribution in [1.29, 1.82) is 0 Å². The number of thiazole rings is 1.